The summed E-state index contributed by atoms with van der Waals surface area (Å²) in [7, 11) is 1.66. The lowest BCUT2D eigenvalue weighted by Gasteiger charge is -2.43. The molecule has 6 nitrogen and oxygen atoms in total. The number of fused-ring (bicyclic) bond motifs is 2. The number of ether oxygens (including phenoxy) is 3. The maximum Gasteiger partial charge on any atom is 0.231 e. The molecule has 3 aliphatic rings. The van der Waals surface area contributed by atoms with Crippen LogP contribution in [-0.2, 0) is 6.54 Å². The average molecular weight is 334 g/mol. The Morgan fingerprint density at radius 3 is 3.04 bits per heavy atom. The fourth-order valence-electron chi connectivity index (χ4n) is 4.27. The molecule has 24 heavy (non-hydrogen) atoms. The number of piperazine rings is 1. The molecule has 4 rings (SSSR count). The van der Waals surface area contributed by atoms with E-state index in [-0.39, 0.29) is 13.4 Å². The van der Waals surface area contributed by atoms with E-state index in [1.54, 1.807) is 7.11 Å². The smallest absolute Gasteiger partial charge is 0.231 e. The Balaban J connectivity index is 1.54. The fourth-order valence-corrected chi connectivity index (χ4v) is 4.27. The van der Waals surface area contributed by atoms with Crippen molar-refractivity contribution in [3.8, 4) is 17.2 Å². The van der Waals surface area contributed by atoms with E-state index < -0.39 is 0 Å². The van der Waals surface area contributed by atoms with Gasteiger partial charge in [0.2, 0.25) is 12.5 Å². The first-order valence-electron chi connectivity index (χ1n) is 8.84. The second-order valence-electron chi connectivity index (χ2n) is 6.92. The van der Waals surface area contributed by atoms with Crippen LogP contribution in [0, 0.1) is 0 Å². The van der Waals surface area contributed by atoms with Crippen LogP contribution in [0.5, 0.6) is 17.2 Å². The van der Waals surface area contributed by atoms with Gasteiger partial charge in [0.15, 0.2) is 11.5 Å². The lowest BCUT2D eigenvalue weighted by atomic mass is 10.0. The van der Waals surface area contributed by atoms with Crippen molar-refractivity contribution in [2.24, 2.45) is 0 Å². The largest absolute Gasteiger partial charge is 0.493 e. The molecular formula is C18H26N2O4. The minimum absolute atomic E-state index is 0.240. The van der Waals surface area contributed by atoms with Crippen LogP contribution in [0.3, 0.4) is 0 Å². The molecule has 1 aromatic rings. The van der Waals surface area contributed by atoms with Gasteiger partial charge in [-0.2, -0.15) is 0 Å². The van der Waals surface area contributed by atoms with E-state index in [0.29, 0.717) is 17.8 Å². The summed E-state index contributed by atoms with van der Waals surface area (Å²) in [6.07, 6.45) is 3.40. The highest BCUT2D eigenvalue weighted by molar-refractivity contribution is 5.55. The number of nitrogens with zero attached hydrogens (tertiary/aromatic N) is 2. The van der Waals surface area contributed by atoms with Crippen LogP contribution in [0.25, 0.3) is 0 Å². The third kappa shape index (κ3) is 2.94. The summed E-state index contributed by atoms with van der Waals surface area (Å²) in [5.41, 5.74) is 1.17. The van der Waals surface area contributed by atoms with E-state index in [2.05, 4.69) is 15.9 Å². The van der Waals surface area contributed by atoms with Crippen molar-refractivity contribution in [1.82, 2.24) is 9.80 Å². The van der Waals surface area contributed by atoms with Gasteiger partial charge in [-0.1, -0.05) is 0 Å². The van der Waals surface area contributed by atoms with Crippen LogP contribution in [0.1, 0.15) is 24.8 Å². The summed E-state index contributed by atoms with van der Waals surface area (Å²) in [6.45, 7) is 4.68. The number of aliphatic hydroxyl groups is 1. The summed E-state index contributed by atoms with van der Waals surface area (Å²) >= 11 is 0. The van der Waals surface area contributed by atoms with Crippen LogP contribution in [-0.4, -0.2) is 67.1 Å². The van der Waals surface area contributed by atoms with Crippen LogP contribution in [0.15, 0.2) is 12.1 Å². The van der Waals surface area contributed by atoms with Gasteiger partial charge in [-0.3, -0.25) is 9.80 Å². The highest BCUT2D eigenvalue weighted by atomic mass is 16.7. The minimum atomic E-state index is 0.240. The number of methoxy groups -OCH3 is 1. The molecule has 2 fully saturated rings. The van der Waals surface area contributed by atoms with Crippen molar-refractivity contribution >= 4 is 0 Å². The molecule has 132 valence electrons. The van der Waals surface area contributed by atoms with Gasteiger partial charge in [-0.15, -0.1) is 0 Å². The molecule has 0 aliphatic carbocycles. The van der Waals surface area contributed by atoms with Gasteiger partial charge >= 0.3 is 0 Å². The molecule has 6 heteroatoms. The number of hydrogen-bond acceptors (Lipinski definition) is 6. The summed E-state index contributed by atoms with van der Waals surface area (Å²) < 4.78 is 16.5. The molecule has 0 amide bonds. The maximum atomic E-state index is 9.45. The normalized spacial score (nSPS) is 26.6. The first kappa shape index (κ1) is 16.0. The number of aliphatic hydroxyl groups excluding tert-OH is 1. The Morgan fingerprint density at radius 1 is 1.29 bits per heavy atom. The minimum Gasteiger partial charge on any atom is -0.493 e. The van der Waals surface area contributed by atoms with Crippen molar-refractivity contribution in [2.45, 2.75) is 37.9 Å². The third-order valence-corrected chi connectivity index (χ3v) is 5.47. The zero-order valence-corrected chi connectivity index (χ0v) is 14.2. The summed E-state index contributed by atoms with van der Waals surface area (Å²) in [6, 6.07) is 5.17. The van der Waals surface area contributed by atoms with E-state index in [1.807, 2.05) is 6.07 Å². The molecule has 2 atom stereocenters. The standard InChI is InChI=1S/C18H26N2O4/c1-22-16-7-13(8-17-18(16)24-12-23-17)9-20-11-14-3-2-5-19(14)10-15(20)4-6-21/h7-8,14-15,21H,2-6,9-12H2,1H3/t14?,15-/m0/s1. The molecule has 3 heterocycles. The molecule has 0 radical (unpaired) electrons. The van der Waals surface area contributed by atoms with Gasteiger partial charge in [0.25, 0.3) is 0 Å². The van der Waals surface area contributed by atoms with E-state index >= 15 is 0 Å². The van der Waals surface area contributed by atoms with Gasteiger partial charge in [0.05, 0.1) is 7.11 Å². The Hall–Kier alpha value is -1.50. The molecule has 2 saturated heterocycles. The van der Waals surface area contributed by atoms with Crippen molar-refractivity contribution in [3.63, 3.8) is 0 Å². The van der Waals surface area contributed by atoms with E-state index in [9.17, 15) is 5.11 Å². The van der Waals surface area contributed by atoms with Crippen molar-refractivity contribution < 1.29 is 19.3 Å². The van der Waals surface area contributed by atoms with Crippen molar-refractivity contribution in [2.75, 3.05) is 40.1 Å². The summed E-state index contributed by atoms with van der Waals surface area (Å²) in [5.74, 6) is 2.20. The Labute approximate surface area is 142 Å². The van der Waals surface area contributed by atoms with E-state index in [0.717, 1.165) is 37.6 Å². The first-order chi connectivity index (χ1) is 11.8. The van der Waals surface area contributed by atoms with E-state index in [4.69, 9.17) is 14.2 Å². The molecule has 1 unspecified atom stereocenters. The molecule has 3 aliphatic heterocycles. The first-order valence-corrected chi connectivity index (χ1v) is 8.84. The number of hydrogen-bond donors (Lipinski definition) is 1. The molecule has 0 saturated carbocycles. The monoisotopic (exact) mass is 334 g/mol. The topological polar surface area (TPSA) is 54.4 Å². The Bertz CT molecular complexity index is 595. The molecule has 1 aromatic carbocycles. The summed E-state index contributed by atoms with van der Waals surface area (Å²) in [4.78, 5) is 5.11. The van der Waals surface area contributed by atoms with E-state index in [1.165, 1.54) is 24.9 Å². The van der Waals surface area contributed by atoms with Gasteiger partial charge in [0, 0.05) is 38.3 Å². The highest BCUT2D eigenvalue weighted by Crippen LogP contribution is 2.42. The van der Waals surface area contributed by atoms with Gasteiger partial charge in [0.1, 0.15) is 0 Å². The molecule has 1 N–H and O–H groups in total. The lowest BCUT2D eigenvalue weighted by Crippen LogP contribution is -2.55. The van der Waals surface area contributed by atoms with Gasteiger partial charge in [-0.05, 0) is 43.5 Å². The second-order valence-corrected chi connectivity index (χ2v) is 6.92. The van der Waals surface area contributed by atoms with Gasteiger partial charge in [-0.25, -0.2) is 0 Å². The molecule has 0 aromatic heterocycles. The fraction of sp³-hybridized carbons (Fsp3) is 0.667. The number of rotatable bonds is 5. The molecule has 0 bridgehead atoms. The van der Waals surface area contributed by atoms with Crippen LogP contribution >= 0.6 is 0 Å². The van der Waals surface area contributed by atoms with Gasteiger partial charge < -0.3 is 19.3 Å². The highest BCUT2D eigenvalue weighted by Gasteiger charge is 2.36. The predicted octanol–water partition coefficient (Wildman–Crippen LogP) is 1.45. The Morgan fingerprint density at radius 2 is 2.21 bits per heavy atom. The zero-order chi connectivity index (χ0) is 16.5. The van der Waals surface area contributed by atoms with Crippen molar-refractivity contribution in [1.29, 1.82) is 0 Å². The molecule has 0 spiro atoms. The Kier molecular flexibility index (Phi) is 4.52. The predicted molar refractivity (Wildman–Crippen MR) is 89.6 cm³/mol. The maximum absolute atomic E-state index is 9.45. The zero-order valence-electron chi connectivity index (χ0n) is 14.2. The second kappa shape index (κ2) is 6.78. The van der Waals surface area contributed by atoms with Crippen LogP contribution < -0.4 is 14.2 Å². The lowest BCUT2D eigenvalue weighted by molar-refractivity contribution is 0.0333. The molecular weight excluding hydrogens is 308 g/mol. The van der Waals surface area contributed by atoms with Crippen LogP contribution in [0.2, 0.25) is 0 Å². The van der Waals surface area contributed by atoms with Crippen LogP contribution in [0.4, 0.5) is 0 Å². The third-order valence-electron chi connectivity index (χ3n) is 5.47. The average Bonchev–Trinajstić information content (AvgIpc) is 3.23. The summed E-state index contributed by atoms with van der Waals surface area (Å²) in [5, 5.41) is 9.45. The van der Waals surface area contributed by atoms with Crippen molar-refractivity contribution in [3.05, 3.63) is 17.7 Å². The number of benzene rings is 1. The SMILES string of the molecule is COc1cc(CN2CC3CCCN3C[C@@H]2CCO)cc2c1OCO2. The quantitative estimate of drug-likeness (QED) is 0.880.